The summed E-state index contributed by atoms with van der Waals surface area (Å²) in [5.41, 5.74) is 2.56. The Labute approximate surface area is 138 Å². The highest BCUT2D eigenvalue weighted by atomic mass is 19.3. The van der Waals surface area contributed by atoms with Gasteiger partial charge in [0.05, 0.1) is 12.4 Å². The topological polar surface area (TPSA) is 34.0 Å². The second-order valence-electron chi connectivity index (χ2n) is 5.05. The van der Waals surface area contributed by atoms with Crippen LogP contribution < -0.4 is 4.74 Å². The van der Waals surface area contributed by atoms with Crippen LogP contribution in [0.15, 0.2) is 52.7 Å². The smallest absolute Gasteiger partial charge is 0.387 e. The number of halogens is 3. The van der Waals surface area contributed by atoms with Crippen LogP contribution >= 0.6 is 0 Å². The van der Waals surface area contributed by atoms with E-state index in [-0.39, 0.29) is 0 Å². The van der Waals surface area contributed by atoms with Crippen molar-refractivity contribution in [3.05, 3.63) is 65.0 Å². The molecule has 2 aromatic rings. The van der Waals surface area contributed by atoms with Crippen molar-refractivity contribution in [3.8, 4) is 5.75 Å². The van der Waals surface area contributed by atoms with Gasteiger partial charge in [0.2, 0.25) is 0 Å². The number of alkyl halides is 2. The van der Waals surface area contributed by atoms with Gasteiger partial charge in [0, 0.05) is 0 Å². The first-order chi connectivity index (χ1) is 11.6. The molecule has 0 saturated carbocycles. The van der Waals surface area contributed by atoms with E-state index in [1.807, 2.05) is 24.3 Å². The van der Waals surface area contributed by atoms with Gasteiger partial charge in [-0.3, -0.25) is 0 Å². The molecule has 2 aromatic carbocycles. The first-order valence-electron chi connectivity index (χ1n) is 7.48. The lowest BCUT2D eigenvalue weighted by molar-refractivity contribution is -0.0521. The summed E-state index contributed by atoms with van der Waals surface area (Å²) in [5.74, 6) is -1.38. The van der Waals surface area contributed by atoms with Crippen LogP contribution in [-0.4, -0.2) is 19.0 Å². The van der Waals surface area contributed by atoms with Crippen molar-refractivity contribution in [2.45, 2.75) is 26.4 Å². The summed E-state index contributed by atoms with van der Waals surface area (Å²) in [6, 6.07) is 11.5. The van der Waals surface area contributed by atoms with Crippen LogP contribution in [0.2, 0.25) is 0 Å². The molecule has 0 heterocycles. The highest BCUT2D eigenvalue weighted by molar-refractivity contribution is 5.82. The number of benzene rings is 2. The molecule has 0 saturated heterocycles. The monoisotopic (exact) mass is 334 g/mol. The van der Waals surface area contributed by atoms with Crippen LogP contribution in [0.1, 0.15) is 30.0 Å². The first-order valence-corrected chi connectivity index (χ1v) is 7.48. The van der Waals surface area contributed by atoms with Gasteiger partial charge in [-0.1, -0.05) is 37.6 Å². The third-order valence-corrected chi connectivity index (χ3v) is 3.17. The normalized spacial score (nSPS) is 11.7. The van der Waals surface area contributed by atoms with E-state index in [1.54, 1.807) is 6.21 Å². The Bertz CT molecular complexity index is 713. The summed E-state index contributed by atoms with van der Waals surface area (Å²) < 4.78 is 41.6. The van der Waals surface area contributed by atoms with Gasteiger partial charge in [-0.25, -0.2) is 4.39 Å². The predicted octanol–water partition coefficient (Wildman–Crippen LogP) is 4.83. The fourth-order valence-corrected chi connectivity index (χ4v) is 2.05. The van der Waals surface area contributed by atoms with Crippen LogP contribution in [0.25, 0.3) is 0 Å². The molecule has 0 fully saturated rings. The highest BCUT2D eigenvalue weighted by Crippen LogP contribution is 2.19. The van der Waals surface area contributed by atoms with E-state index in [4.69, 9.17) is 0 Å². The number of aryl methyl sites for hydroxylation is 1. The second kappa shape index (κ2) is 8.86. The maximum absolute atomic E-state index is 13.5. The molecule has 2 rings (SSSR count). The van der Waals surface area contributed by atoms with Crippen molar-refractivity contribution in [3.63, 3.8) is 0 Å². The second-order valence-corrected chi connectivity index (χ2v) is 5.05. The summed E-state index contributed by atoms with van der Waals surface area (Å²) in [6.45, 7) is -0.939. The molecule has 0 atom stereocenters. The maximum Gasteiger partial charge on any atom is 0.387 e. The molecular formula is C18H17F3N2O. The molecule has 24 heavy (non-hydrogen) atoms. The number of hydrogen-bond acceptors (Lipinski definition) is 3. The lowest BCUT2D eigenvalue weighted by Gasteiger charge is -2.05. The van der Waals surface area contributed by atoms with Crippen molar-refractivity contribution >= 4 is 12.4 Å². The highest BCUT2D eigenvalue weighted by Gasteiger charge is 2.09. The molecule has 0 radical (unpaired) electrons. The average molecular weight is 334 g/mol. The molecule has 0 aliphatic rings. The Balaban J connectivity index is 1.96. The van der Waals surface area contributed by atoms with E-state index >= 15 is 0 Å². The van der Waals surface area contributed by atoms with Crippen molar-refractivity contribution in [1.29, 1.82) is 0 Å². The average Bonchev–Trinajstić information content (AvgIpc) is 2.55. The molecule has 3 nitrogen and oxygen atoms in total. The van der Waals surface area contributed by atoms with Crippen LogP contribution in [0.4, 0.5) is 13.2 Å². The molecule has 0 N–H and O–H groups in total. The Morgan fingerprint density at radius 3 is 2.21 bits per heavy atom. The van der Waals surface area contributed by atoms with E-state index in [1.165, 1.54) is 17.8 Å². The van der Waals surface area contributed by atoms with Gasteiger partial charge in [0.15, 0.2) is 11.6 Å². The fourth-order valence-electron chi connectivity index (χ4n) is 2.05. The molecule has 0 aromatic heterocycles. The van der Waals surface area contributed by atoms with Crippen LogP contribution in [0.5, 0.6) is 5.75 Å². The fraction of sp³-hybridized carbons (Fsp3) is 0.222. The zero-order valence-electron chi connectivity index (χ0n) is 13.1. The number of hydrogen-bond donors (Lipinski definition) is 0. The van der Waals surface area contributed by atoms with Crippen molar-refractivity contribution < 1.29 is 17.9 Å². The molecule has 0 aliphatic carbocycles. The number of nitrogens with zero attached hydrogens (tertiary/aromatic N) is 2. The van der Waals surface area contributed by atoms with Crippen LogP contribution in [0, 0.1) is 5.82 Å². The Morgan fingerprint density at radius 2 is 1.62 bits per heavy atom. The van der Waals surface area contributed by atoms with Gasteiger partial charge in [0.25, 0.3) is 0 Å². The minimum Gasteiger partial charge on any atom is -0.432 e. The van der Waals surface area contributed by atoms with E-state index in [0.717, 1.165) is 30.5 Å². The zero-order chi connectivity index (χ0) is 17.4. The Morgan fingerprint density at radius 1 is 1.00 bits per heavy atom. The van der Waals surface area contributed by atoms with E-state index in [2.05, 4.69) is 21.9 Å². The molecule has 0 bridgehead atoms. The lowest BCUT2D eigenvalue weighted by Crippen LogP contribution is -2.03. The molecule has 0 amide bonds. The predicted molar refractivity (Wildman–Crippen MR) is 88.7 cm³/mol. The molecule has 126 valence electrons. The van der Waals surface area contributed by atoms with Crippen molar-refractivity contribution in [1.82, 2.24) is 0 Å². The Hall–Kier alpha value is -2.63. The first kappa shape index (κ1) is 17.7. The zero-order valence-corrected chi connectivity index (χ0v) is 13.1. The van der Waals surface area contributed by atoms with Gasteiger partial charge >= 0.3 is 6.61 Å². The largest absolute Gasteiger partial charge is 0.432 e. The number of ether oxygens (including phenoxy) is 1. The third-order valence-electron chi connectivity index (χ3n) is 3.17. The Kier molecular flexibility index (Phi) is 6.54. The van der Waals surface area contributed by atoms with Gasteiger partial charge in [-0.05, 0) is 41.3 Å². The molecule has 0 aliphatic heterocycles. The summed E-state index contributed by atoms with van der Waals surface area (Å²) >= 11 is 0. The summed E-state index contributed by atoms with van der Waals surface area (Å²) in [7, 11) is 0. The van der Waals surface area contributed by atoms with E-state index in [0.29, 0.717) is 5.56 Å². The van der Waals surface area contributed by atoms with E-state index in [9.17, 15) is 13.2 Å². The van der Waals surface area contributed by atoms with Crippen LogP contribution in [0.3, 0.4) is 0 Å². The van der Waals surface area contributed by atoms with Gasteiger partial charge in [0.1, 0.15) is 0 Å². The van der Waals surface area contributed by atoms with E-state index < -0.39 is 18.2 Å². The maximum atomic E-state index is 13.5. The minimum absolute atomic E-state index is 0.393. The van der Waals surface area contributed by atoms with Gasteiger partial charge in [-0.15, -0.1) is 0 Å². The van der Waals surface area contributed by atoms with Gasteiger partial charge < -0.3 is 4.74 Å². The van der Waals surface area contributed by atoms with Gasteiger partial charge in [-0.2, -0.15) is 19.0 Å². The summed E-state index contributed by atoms with van der Waals surface area (Å²) in [4.78, 5) is 0. The summed E-state index contributed by atoms with van der Waals surface area (Å²) in [5, 5.41) is 7.70. The molecule has 0 unspecified atom stereocenters. The van der Waals surface area contributed by atoms with Crippen molar-refractivity contribution in [2.24, 2.45) is 10.2 Å². The third kappa shape index (κ3) is 5.53. The standard InChI is InChI=1S/C18H17F3N2O/c1-2-3-13-4-6-14(7-5-13)11-22-23-12-15-8-9-17(16(19)10-15)24-18(20)21/h4-12,18H,2-3H2,1H3. The number of rotatable bonds is 7. The molecule has 0 spiro atoms. The van der Waals surface area contributed by atoms with Crippen LogP contribution in [-0.2, 0) is 6.42 Å². The minimum atomic E-state index is -3.06. The molecule has 6 heteroatoms. The lowest BCUT2D eigenvalue weighted by atomic mass is 10.1. The SMILES string of the molecule is CCCc1ccc(C=NN=Cc2ccc(OC(F)F)c(F)c2)cc1. The quantitative estimate of drug-likeness (QED) is 0.527. The summed E-state index contributed by atoms with van der Waals surface area (Å²) in [6.07, 6.45) is 5.04. The molecular weight excluding hydrogens is 317 g/mol. The van der Waals surface area contributed by atoms with Crippen molar-refractivity contribution in [2.75, 3.05) is 0 Å².